The molecule has 0 amide bonds. The minimum Gasteiger partial charge on any atom is -0.235 e. The van der Waals surface area contributed by atoms with Crippen molar-refractivity contribution in [2.24, 2.45) is 0 Å². The summed E-state index contributed by atoms with van der Waals surface area (Å²) >= 11 is 7.51. The van der Waals surface area contributed by atoms with Gasteiger partial charge in [-0.15, -0.1) is 11.3 Å². The van der Waals surface area contributed by atoms with Crippen LogP contribution >= 0.6 is 22.9 Å². The highest BCUT2D eigenvalue weighted by Gasteiger charge is 2.12. The van der Waals surface area contributed by atoms with E-state index in [0.29, 0.717) is 10.0 Å². The van der Waals surface area contributed by atoms with Crippen molar-refractivity contribution in [1.82, 2.24) is 9.97 Å². The summed E-state index contributed by atoms with van der Waals surface area (Å²) in [4.78, 5) is 9.93. The number of thiophene rings is 1. The summed E-state index contributed by atoms with van der Waals surface area (Å²) in [6, 6.07) is 5.83. The lowest BCUT2D eigenvalue weighted by Crippen LogP contribution is -1.95. The molecule has 0 spiro atoms. The first-order valence-corrected chi connectivity index (χ1v) is 6.45. The van der Waals surface area contributed by atoms with Gasteiger partial charge in [-0.25, -0.2) is 9.97 Å². The fourth-order valence-corrected chi connectivity index (χ4v) is 2.65. The Bertz CT molecular complexity index is 571. The predicted molar refractivity (Wildman–Crippen MR) is 69.1 cm³/mol. The van der Waals surface area contributed by atoms with Crippen molar-refractivity contribution in [3.63, 3.8) is 0 Å². The molecule has 2 aromatic rings. The van der Waals surface area contributed by atoms with Crippen LogP contribution in [0, 0.1) is 11.3 Å². The van der Waals surface area contributed by atoms with Crippen LogP contribution in [0.5, 0.6) is 0 Å². The summed E-state index contributed by atoms with van der Waals surface area (Å²) in [7, 11) is 0. The monoisotopic (exact) mass is 263 g/mol. The maximum absolute atomic E-state index is 8.83. The van der Waals surface area contributed by atoms with Crippen molar-refractivity contribution in [1.29, 1.82) is 5.26 Å². The van der Waals surface area contributed by atoms with Gasteiger partial charge in [-0.3, -0.25) is 0 Å². The topological polar surface area (TPSA) is 49.6 Å². The fraction of sp³-hybridized carbons (Fsp3) is 0.250. The molecule has 3 nitrogen and oxygen atoms in total. The summed E-state index contributed by atoms with van der Waals surface area (Å²) < 4.78 is 0. The first-order chi connectivity index (χ1) is 8.26. The van der Waals surface area contributed by atoms with Gasteiger partial charge in [-0.05, 0) is 18.6 Å². The first-order valence-electron chi connectivity index (χ1n) is 5.26. The van der Waals surface area contributed by atoms with Crippen LogP contribution in [0.2, 0.25) is 5.15 Å². The standard InChI is InChI=1S/C12H10ClN3S/c1-2-3-9-11(15-7-16-12(9)13)10-5-4-8(6-14)17-10/h4-5,7H,2-3H2,1H3. The predicted octanol–water partition coefficient (Wildman–Crippen LogP) is 3.68. The molecular weight excluding hydrogens is 254 g/mol. The van der Waals surface area contributed by atoms with E-state index in [0.717, 1.165) is 29.0 Å². The van der Waals surface area contributed by atoms with Crippen LogP contribution in [0.25, 0.3) is 10.6 Å². The quantitative estimate of drug-likeness (QED) is 0.794. The van der Waals surface area contributed by atoms with E-state index >= 15 is 0 Å². The highest BCUT2D eigenvalue weighted by Crippen LogP contribution is 2.31. The van der Waals surface area contributed by atoms with Crippen LogP contribution in [0.1, 0.15) is 23.8 Å². The Balaban J connectivity index is 2.51. The summed E-state index contributed by atoms with van der Waals surface area (Å²) in [5.41, 5.74) is 1.81. The molecule has 2 aromatic heterocycles. The van der Waals surface area contributed by atoms with E-state index in [4.69, 9.17) is 16.9 Å². The molecule has 0 saturated carbocycles. The minimum atomic E-state index is 0.503. The lowest BCUT2D eigenvalue weighted by atomic mass is 10.1. The zero-order chi connectivity index (χ0) is 12.3. The molecule has 0 radical (unpaired) electrons. The Kier molecular flexibility index (Phi) is 3.72. The zero-order valence-electron chi connectivity index (χ0n) is 9.27. The largest absolute Gasteiger partial charge is 0.235 e. The third-order valence-electron chi connectivity index (χ3n) is 2.34. The Morgan fingerprint density at radius 1 is 1.41 bits per heavy atom. The molecule has 17 heavy (non-hydrogen) atoms. The molecule has 0 unspecified atom stereocenters. The van der Waals surface area contributed by atoms with Crippen molar-refractivity contribution in [2.45, 2.75) is 19.8 Å². The van der Waals surface area contributed by atoms with Gasteiger partial charge in [0.05, 0.1) is 10.6 Å². The zero-order valence-corrected chi connectivity index (χ0v) is 10.8. The lowest BCUT2D eigenvalue weighted by molar-refractivity contribution is 0.905. The molecule has 0 N–H and O–H groups in total. The van der Waals surface area contributed by atoms with Crippen molar-refractivity contribution in [2.75, 3.05) is 0 Å². The molecule has 2 rings (SSSR count). The number of aromatic nitrogens is 2. The molecule has 0 saturated heterocycles. The van der Waals surface area contributed by atoms with Gasteiger partial charge >= 0.3 is 0 Å². The highest BCUT2D eigenvalue weighted by molar-refractivity contribution is 7.16. The molecule has 86 valence electrons. The molecule has 0 fully saturated rings. The molecule has 0 atom stereocenters. The lowest BCUT2D eigenvalue weighted by Gasteiger charge is -2.06. The van der Waals surface area contributed by atoms with Gasteiger partial charge in [-0.2, -0.15) is 5.26 Å². The number of halogens is 1. The highest BCUT2D eigenvalue weighted by atomic mass is 35.5. The van der Waals surface area contributed by atoms with Crippen LogP contribution in [0.15, 0.2) is 18.5 Å². The SMILES string of the molecule is CCCc1c(Cl)ncnc1-c1ccc(C#N)s1. The van der Waals surface area contributed by atoms with E-state index in [1.807, 2.05) is 6.07 Å². The van der Waals surface area contributed by atoms with Crippen LogP contribution < -0.4 is 0 Å². The van der Waals surface area contributed by atoms with E-state index in [1.54, 1.807) is 6.07 Å². The average molecular weight is 264 g/mol. The molecule has 0 aliphatic rings. The van der Waals surface area contributed by atoms with Gasteiger partial charge in [0.15, 0.2) is 0 Å². The third kappa shape index (κ3) is 2.46. The number of rotatable bonds is 3. The smallest absolute Gasteiger partial charge is 0.136 e. The second-order valence-corrected chi connectivity index (χ2v) is 4.96. The van der Waals surface area contributed by atoms with Crippen LogP contribution in [-0.2, 0) is 6.42 Å². The Labute approximate surface area is 109 Å². The number of hydrogen-bond acceptors (Lipinski definition) is 4. The maximum Gasteiger partial charge on any atom is 0.136 e. The van der Waals surface area contributed by atoms with Crippen molar-refractivity contribution in [3.8, 4) is 16.6 Å². The van der Waals surface area contributed by atoms with Gasteiger partial charge in [-0.1, -0.05) is 24.9 Å². The van der Waals surface area contributed by atoms with E-state index in [1.165, 1.54) is 17.7 Å². The number of hydrogen-bond donors (Lipinski definition) is 0. The fourth-order valence-electron chi connectivity index (χ4n) is 1.60. The van der Waals surface area contributed by atoms with E-state index in [2.05, 4.69) is 23.0 Å². The third-order valence-corrected chi connectivity index (χ3v) is 3.66. The number of nitriles is 1. The van der Waals surface area contributed by atoms with Gasteiger partial charge in [0.1, 0.15) is 22.4 Å². The number of nitrogens with zero attached hydrogens (tertiary/aromatic N) is 3. The molecule has 0 bridgehead atoms. The van der Waals surface area contributed by atoms with Crippen molar-refractivity contribution >= 4 is 22.9 Å². The van der Waals surface area contributed by atoms with E-state index in [9.17, 15) is 0 Å². The molecule has 2 heterocycles. The molecular formula is C12H10ClN3S. The first kappa shape index (κ1) is 12.0. The Morgan fingerprint density at radius 2 is 2.24 bits per heavy atom. The Morgan fingerprint density at radius 3 is 2.88 bits per heavy atom. The summed E-state index contributed by atoms with van der Waals surface area (Å²) in [6.45, 7) is 2.09. The maximum atomic E-state index is 8.83. The summed E-state index contributed by atoms with van der Waals surface area (Å²) in [5, 5.41) is 9.33. The van der Waals surface area contributed by atoms with Gasteiger partial charge in [0.2, 0.25) is 0 Å². The molecule has 0 aliphatic carbocycles. The molecule has 0 aromatic carbocycles. The minimum absolute atomic E-state index is 0.503. The second-order valence-electron chi connectivity index (χ2n) is 3.52. The summed E-state index contributed by atoms with van der Waals surface area (Å²) in [5.74, 6) is 0. The van der Waals surface area contributed by atoms with Crippen LogP contribution in [0.3, 0.4) is 0 Å². The average Bonchev–Trinajstić information content (AvgIpc) is 2.80. The van der Waals surface area contributed by atoms with Crippen molar-refractivity contribution < 1.29 is 0 Å². The summed E-state index contributed by atoms with van der Waals surface area (Å²) in [6.07, 6.45) is 3.29. The second kappa shape index (κ2) is 5.26. The van der Waals surface area contributed by atoms with Gasteiger partial charge in [0.25, 0.3) is 0 Å². The van der Waals surface area contributed by atoms with Gasteiger partial charge in [0, 0.05) is 5.56 Å². The van der Waals surface area contributed by atoms with Gasteiger partial charge < -0.3 is 0 Å². The van der Waals surface area contributed by atoms with E-state index < -0.39 is 0 Å². The Hall–Kier alpha value is -1.44. The van der Waals surface area contributed by atoms with Crippen LogP contribution in [0.4, 0.5) is 0 Å². The van der Waals surface area contributed by atoms with Crippen molar-refractivity contribution in [3.05, 3.63) is 34.1 Å². The molecule has 5 heteroatoms. The van der Waals surface area contributed by atoms with Crippen LogP contribution in [-0.4, -0.2) is 9.97 Å². The normalized spacial score (nSPS) is 10.2. The van der Waals surface area contributed by atoms with E-state index in [-0.39, 0.29) is 0 Å². The molecule has 0 aliphatic heterocycles.